The number of hydrogen-bond donors (Lipinski definition) is 1. The van der Waals surface area contributed by atoms with Gasteiger partial charge < -0.3 is 10.1 Å². The molecule has 1 fully saturated rings. The first-order chi connectivity index (χ1) is 12.2. The highest BCUT2D eigenvalue weighted by Gasteiger charge is 2.27. The van der Waals surface area contributed by atoms with Crippen molar-refractivity contribution in [1.29, 1.82) is 0 Å². The van der Waals surface area contributed by atoms with E-state index in [-0.39, 0.29) is 0 Å². The Morgan fingerprint density at radius 2 is 2.16 bits per heavy atom. The third-order valence-corrected chi connectivity index (χ3v) is 5.28. The van der Waals surface area contributed by atoms with Gasteiger partial charge in [-0.3, -0.25) is 4.98 Å². The van der Waals surface area contributed by atoms with Gasteiger partial charge in [-0.05, 0) is 80.3 Å². The van der Waals surface area contributed by atoms with Crippen molar-refractivity contribution < 1.29 is 4.74 Å². The van der Waals surface area contributed by atoms with Gasteiger partial charge in [0.15, 0.2) is 0 Å². The van der Waals surface area contributed by atoms with Crippen molar-refractivity contribution in [2.45, 2.75) is 52.2 Å². The molecule has 0 saturated heterocycles. The Morgan fingerprint density at radius 3 is 2.96 bits per heavy atom. The highest BCUT2D eigenvalue weighted by molar-refractivity contribution is 5.27. The van der Waals surface area contributed by atoms with Crippen LogP contribution < -0.4 is 10.1 Å². The average molecular weight is 338 g/mol. The largest absolute Gasteiger partial charge is 0.490 e. The van der Waals surface area contributed by atoms with E-state index < -0.39 is 0 Å². The lowest BCUT2D eigenvalue weighted by Crippen LogP contribution is -2.33. The maximum Gasteiger partial charge on any atom is 0.119 e. The van der Waals surface area contributed by atoms with E-state index in [1.807, 2.05) is 18.5 Å². The van der Waals surface area contributed by atoms with Crippen molar-refractivity contribution in [3.63, 3.8) is 0 Å². The minimum Gasteiger partial charge on any atom is -0.490 e. The summed E-state index contributed by atoms with van der Waals surface area (Å²) in [5, 5.41) is 3.59. The summed E-state index contributed by atoms with van der Waals surface area (Å²) in [7, 11) is 0. The molecule has 0 aliphatic heterocycles. The molecule has 0 spiro atoms. The zero-order valence-corrected chi connectivity index (χ0v) is 15.4. The van der Waals surface area contributed by atoms with Crippen LogP contribution in [0.1, 0.15) is 43.7 Å². The molecule has 1 aromatic heterocycles. The predicted octanol–water partition coefficient (Wildman–Crippen LogP) is 4.75. The molecule has 25 heavy (non-hydrogen) atoms. The molecule has 1 N–H and O–H groups in total. The van der Waals surface area contributed by atoms with Crippen molar-refractivity contribution in [3.8, 4) is 5.75 Å². The summed E-state index contributed by atoms with van der Waals surface area (Å²) >= 11 is 0. The van der Waals surface area contributed by atoms with Crippen LogP contribution in [-0.4, -0.2) is 17.6 Å². The first-order valence-electron chi connectivity index (χ1n) is 9.53. The summed E-state index contributed by atoms with van der Waals surface area (Å²) in [5.74, 6) is 2.43. The van der Waals surface area contributed by atoms with Crippen LogP contribution in [-0.2, 0) is 6.54 Å². The third kappa shape index (κ3) is 5.57. The number of hydrogen-bond acceptors (Lipinski definition) is 3. The van der Waals surface area contributed by atoms with Crippen LogP contribution >= 0.6 is 0 Å². The lowest BCUT2D eigenvalue weighted by atomic mass is 9.79. The summed E-state index contributed by atoms with van der Waals surface area (Å²) in [5.41, 5.74) is 2.51. The van der Waals surface area contributed by atoms with Crippen molar-refractivity contribution in [3.05, 3.63) is 59.9 Å². The molecular formula is C22H30N2O. The molecule has 3 rings (SSSR count). The van der Waals surface area contributed by atoms with E-state index in [0.29, 0.717) is 12.0 Å². The molecule has 1 saturated carbocycles. The Kier molecular flexibility index (Phi) is 6.46. The Hall–Kier alpha value is -1.87. The number of rotatable bonds is 7. The van der Waals surface area contributed by atoms with Crippen molar-refractivity contribution in [1.82, 2.24) is 10.3 Å². The van der Waals surface area contributed by atoms with Crippen LogP contribution in [0.3, 0.4) is 0 Å². The smallest absolute Gasteiger partial charge is 0.119 e. The Labute approximate surface area is 151 Å². The molecule has 0 amide bonds. The Bertz CT molecular complexity index is 643. The summed E-state index contributed by atoms with van der Waals surface area (Å²) in [6, 6.07) is 12.5. The highest BCUT2D eigenvalue weighted by Crippen LogP contribution is 2.32. The monoisotopic (exact) mass is 338 g/mol. The van der Waals surface area contributed by atoms with Crippen LogP contribution in [0.5, 0.6) is 5.75 Å². The zero-order chi connectivity index (χ0) is 17.5. The van der Waals surface area contributed by atoms with Gasteiger partial charge in [-0.15, -0.1) is 0 Å². The molecule has 3 nitrogen and oxygen atoms in total. The molecule has 1 aliphatic carbocycles. The second-order valence-electron chi connectivity index (χ2n) is 7.45. The van der Waals surface area contributed by atoms with Gasteiger partial charge in [0, 0.05) is 18.9 Å². The van der Waals surface area contributed by atoms with Gasteiger partial charge in [-0.1, -0.05) is 25.1 Å². The van der Waals surface area contributed by atoms with E-state index in [2.05, 4.69) is 54.5 Å². The number of nitrogens with one attached hydrogen (secondary N) is 1. The molecule has 2 aromatic rings. The SMILES string of the molecule is Cc1cccc(OC2CCCC(C(C)CNCc3cccnc3)C2)c1. The topological polar surface area (TPSA) is 34.1 Å². The molecule has 1 aliphatic rings. The van der Waals surface area contributed by atoms with E-state index in [1.54, 1.807) is 0 Å². The maximum atomic E-state index is 6.26. The number of aromatic nitrogens is 1. The first kappa shape index (κ1) is 17.9. The number of nitrogens with zero attached hydrogens (tertiary/aromatic N) is 1. The molecular weight excluding hydrogens is 308 g/mol. The molecule has 0 bridgehead atoms. The van der Waals surface area contributed by atoms with Crippen LogP contribution in [0.2, 0.25) is 0 Å². The van der Waals surface area contributed by atoms with Crippen molar-refractivity contribution in [2.24, 2.45) is 11.8 Å². The third-order valence-electron chi connectivity index (χ3n) is 5.28. The Balaban J connectivity index is 1.45. The average Bonchev–Trinajstić information content (AvgIpc) is 2.63. The minimum atomic E-state index is 0.362. The Morgan fingerprint density at radius 1 is 1.24 bits per heavy atom. The number of pyridine rings is 1. The molecule has 0 radical (unpaired) electrons. The fourth-order valence-corrected chi connectivity index (χ4v) is 3.80. The number of benzene rings is 1. The van der Waals surface area contributed by atoms with Gasteiger partial charge in [0.25, 0.3) is 0 Å². The number of aryl methyl sites for hydroxylation is 1. The van der Waals surface area contributed by atoms with E-state index in [4.69, 9.17) is 4.74 Å². The molecule has 3 unspecified atom stereocenters. The van der Waals surface area contributed by atoms with Gasteiger partial charge in [-0.2, -0.15) is 0 Å². The van der Waals surface area contributed by atoms with E-state index in [9.17, 15) is 0 Å². The van der Waals surface area contributed by atoms with Crippen molar-refractivity contribution >= 4 is 0 Å². The van der Waals surface area contributed by atoms with Gasteiger partial charge in [0.05, 0.1) is 6.10 Å². The summed E-state index contributed by atoms with van der Waals surface area (Å²) < 4.78 is 6.26. The normalized spacial score (nSPS) is 21.7. The fraction of sp³-hybridized carbons (Fsp3) is 0.500. The summed E-state index contributed by atoms with van der Waals surface area (Å²) in [4.78, 5) is 4.17. The molecule has 1 aromatic carbocycles. The second-order valence-corrected chi connectivity index (χ2v) is 7.45. The molecule has 3 heteroatoms. The maximum absolute atomic E-state index is 6.26. The fourth-order valence-electron chi connectivity index (χ4n) is 3.80. The van der Waals surface area contributed by atoms with E-state index >= 15 is 0 Å². The first-order valence-corrected chi connectivity index (χ1v) is 9.53. The second kappa shape index (κ2) is 9.00. The van der Waals surface area contributed by atoms with Crippen LogP contribution in [0, 0.1) is 18.8 Å². The van der Waals surface area contributed by atoms with Crippen LogP contribution in [0.4, 0.5) is 0 Å². The van der Waals surface area contributed by atoms with Gasteiger partial charge in [0.2, 0.25) is 0 Å². The van der Waals surface area contributed by atoms with Crippen LogP contribution in [0.25, 0.3) is 0 Å². The van der Waals surface area contributed by atoms with E-state index in [1.165, 1.54) is 36.8 Å². The summed E-state index contributed by atoms with van der Waals surface area (Å²) in [6.45, 7) is 6.44. The summed E-state index contributed by atoms with van der Waals surface area (Å²) in [6.07, 6.45) is 9.06. The number of ether oxygens (including phenoxy) is 1. The molecule has 134 valence electrons. The van der Waals surface area contributed by atoms with Crippen molar-refractivity contribution in [2.75, 3.05) is 6.54 Å². The highest BCUT2D eigenvalue weighted by atomic mass is 16.5. The van der Waals surface area contributed by atoms with Crippen LogP contribution in [0.15, 0.2) is 48.8 Å². The standard InChI is InChI=1S/C22H30N2O/c1-17-6-3-9-21(12-17)25-22-10-4-8-20(13-22)18(2)14-24-16-19-7-5-11-23-15-19/h3,5-7,9,11-12,15,18,20,22,24H,4,8,10,13-14,16H2,1-2H3. The molecule has 1 heterocycles. The lowest BCUT2D eigenvalue weighted by Gasteiger charge is -2.33. The zero-order valence-electron chi connectivity index (χ0n) is 15.4. The molecule has 3 atom stereocenters. The predicted molar refractivity (Wildman–Crippen MR) is 103 cm³/mol. The van der Waals surface area contributed by atoms with Gasteiger partial charge in [0.1, 0.15) is 5.75 Å². The quantitative estimate of drug-likeness (QED) is 0.791. The van der Waals surface area contributed by atoms with Gasteiger partial charge >= 0.3 is 0 Å². The van der Waals surface area contributed by atoms with E-state index in [0.717, 1.165) is 24.8 Å². The van der Waals surface area contributed by atoms with Gasteiger partial charge in [-0.25, -0.2) is 0 Å². The minimum absolute atomic E-state index is 0.362. The lowest BCUT2D eigenvalue weighted by molar-refractivity contribution is 0.102.